The molecular weight excluding hydrogens is 399 g/mol. The Hall–Kier alpha value is -0.630. The molecule has 2 N–H and O–H groups in total. The van der Waals surface area contributed by atoms with Crippen molar-refractivity contribution in [1.82, 2.24) is 10.6 Å². The van der Waals surface area contributed by atoms with Crippen LogP contribution in [0.4, 0.5) is 0 Å². The molecule has 0 atom stereocenters. The summed E-state index contributed by atoms with van der Waals surface area (Å²) in [7, 11) is 0. The predicted octanol–water partition coefficient (Wildman–Crippen LogP) is 1.92. The number of nitrogens with one attached hydrogen (secondary N) is 2. The minimum atomic E-state index is -0.248. The van der Waals surface area contributed by atoms with E-state index in [0.29, 0.717) is 12.1 Å². The summed E-state index contributed by atoms with van der Waals surface area (Å²) in [4.78, 5) is 23.0. The lowest BCUT2D eigenvalue weighted by atomic mass is 10.2. The highest BCUT2D eigenvalue weighted by Gasteiger charge is 2.11. The number of rotatable bonds is 4. The largest absolute Gasteiger partial charge is 0.355 e. The van der Waals surface area contributed by atoms with E-state index in [1.807, 2.05) is 19.1 Å². The first kappa shape index (κ1) is 14.4. The van der Waals surface area contributed by atoms with Crippen molar-refractivity contribution in [3.05, 3.63) is 31.8 Å². The molecule has 0 fully saturated rings. The molecule has 0 aliphatic carbocycles. The van der Waals surface area contributed by atoms with Gasteiger partial charge in [0.2, 0.25) is 5.91 Å². The molecule has 0 saturated carbocycles. The van der Waals surface area contributed by atoms with Crippen molar-refractivity contribution < 1.29 is 9.59 Å². The predicted molar refractivity (Wildman–Crippen MR) is 77.9 cm³/mol. The fourth-order valence-corrected chi connectivity index (χ4v) is 2.13. The molecule has 0 bridgehead atoms. The van der Waals surface area contributed by atoms with Crippen molar-refractivity contribution in [1.29, 1.82) is 0 Å². The van der Waals surface area contributed by atoms with Crippen LogP contribution in [0.5, 0.6) is 0 Å². The molecule has 0 spiro atoms. The van der Waals surface area contributed by atoms with Gasteiger partial charge in [0.1, 0.15) is 0 Å². The zero-order chi connectivity index (χ0) is 12.8. The average molecular weight is 411 g/mol. The van der Waals surface area contributed by atoms with Crippen LogP contribution in [-0.4, -0.2) is 24.9 Å². The van der Waals surface area contributed by atoms with E-state index < -0.39 is 0 Å². The molecule has 1 aromatic carbocycles. The van der Waals surface area contributed by atoms with E-state index in [1.54, 1.807) is 6.07 Å². The molecule has 92 valence electrons. The molecule has 0 radical (unpaired) electrons. The number of hydrogen-bond acceptors (Lipinski definition) is 2. The normalized spacial score (nSPS) is 9.82. The van der Waals surface area contributed by atoms with Crippen LogP contribution >= 0.6 is 38.5 Å². The summed E-state index contributed by atoms with van der Waals surface area (Å²) >= 11 is 5.39. The summed E-state index contributed by atoms with van der Waals surface area (Å²) in [6.45, 7) is 2.38. The van der Waals surface area contributed by atoms with Gasteiger partial charge in [-0.25, -0.2) is 0 Å². The summed E-state index contributed by atoms with van der Waals surface area (Å²) in [5, 5.41) is 5.19. The van der Waals surface area contributed by atoms with Crippen LogP contribution in [0.2, 0.25) is 0 Å². The highest BCUT2D eigenvalue weighted by molar-refractivity contribution is 14.1. The minimum absolute atomic E-state index is 0.00470. The number of carbonyl (C=O) groups is 2. The van der Waals surface area contributed by atoms with Crippen molar-refractivity contribution >= 4 is 50.3 Å². The van der Waals surface area contributed by atoms with Gasteiger partial charge in [-0.15, -0.1) is 0 Å². The van der Waals surface area contributed by atoms with Crippen molar-refractivity contribution in [2.75, 3.05) is 13.1 Å². The smallest absolute Gasteiger partial charge is 0.252 e. The molecule has 0 saturated heterocycles. The fourth-order valence-electron chi connectivity index (χ4n) is 1.19. The molecular formula is C11H12BrIN2O2. The van der Waals surface area contributed by atoms with E-state index in [4.69, 9.17) is 0 Å². The third-order valence-electron chi connectivity index (χ3n) is 1.96. The molecule has 0 aliphatic rings. The Morgan fingerprint density at radius 2 is 2.06 bits per heavy atom. The fraction of sp³-hybridized carbons (Fsp3) is 0.273. The quantitative estimate of drug-likeness (QED) is 0.745. The van der Waals surface area contributed by atoms with E-state index in [2.05, 4.69) is 49.2 Å². The first-order chi connectivity index (χ1) is 8.04. The Balaban J connectivity index is 2.64. The molecule has 0 unspecified atom stereocenters. The van der Waals surface area contributed by atoms with Crippen molar-refractivity contribution in [2.45, 2.75) is 6.92 Å². The van der Waals surface area contributed by atoms with E-state index >= 15 is 0 Å². The van der Waals surface area contributed by atoms with E-state index in [-0.39, 0.29) is 18.4 Å². The highest BCUT2D eigenvalue weighted by Crippen LogP contribution is 2.18. The van der Waals surface area contributed by atoms with E-state index in [9.17, 15) is 9.59 Å². The minimum Gasteiger partial charge on any atom is -0.355 e. The lowest BCUT2D eigenvalue weighted by Gasteiger charge is -2.07. The van der Waals surface area contributed by atoms with Gasteiger partial charge in [-0.05, 0) is 47.7 Å². The first-order valence-corrected chi connectivity index (χ1v) is 6.91. The van der Waals surface area contributed by atoms with Crippen molar-refractivity contribution in [3.8, 4) is 0 Å². The average Bonchev–Trinajstić information content (AvgIpc) is 2.29. The number of hydrogen-bond donors (Lipinski definition) is 2. The van der Waals surface area contributed by atoms with E-state index in [0.717, 1.165) is 8.04 Å². The van der Waals surface area contributed by atoms with Gasteiger partial charge >= 0.3 is 0 Å². The van der Waals surface area contributed by atoms with Gasteiger partial charge in [-0.2, -0.15) is 0 Å². The molecule has 0 aromatic heterocycles. The zero-order valence-corrected chi connectivity index (χ0v) is 13.0. The number of likely N-dealkylation sites (N-methyl/N-ethyl adjacent to an activating group) is 1. The summed E-state index contributed by atoms with van der Waals surface area (Å²) < 4.78 is 1.68. The monoisotopic (exact) mass is 410 g/mol. The van der Waals surface area contributed by atoms with Gasteiger partial charge in [0.25, 0.3) is 5.91 Å². The zero-order valence-electron chi connectivity index (χ0n) is 9.22. The Bertz CT molecular complexity index is 437. The SMILES string of the molecule is CCNC(=O)CNC(=O)c1cc(Br)ccc1I. The van der Waals surface area contributed by atoms with E-state index in [1.165, 1.54) is 0 Å². The van der Waals surface area contributed by atoms with Crippen LogP contribution in [-0.2, 0) is 4.79 Å². The van der Waals surface area contributed by atoms with Crippen LogP contribution in [0.3, 0.4) is 0 Å². The molecule has 1 rings (SSSR count). The Labute approximate surface area is 122 Å². The van der Waals surface area contributed by atoms with Crippen LogP contribution in [0, 0.1) is 3.57 Å². The third-order valence-corrected chi connectivity index (χ3v) is 3.39. The van der Waals surface area contributed by atoms with Gasteiger partial charge in [0, 0.05) is 14.6 Å². The molecule has 4 nitrogen and oxygen atoms in total. The summed E-state index contributed by atoms with van der Waals surface area (Å²) in [5.74, 6) is -0.437. The molecule has 17 heavy (non-hydrogen) atoms. The Morgan fingerprint density at radius 3 is 2.71 bits per heavy atom. The second-order valence-corrected chi connectivity index (χ2v) is 5.34. The highest BCUT2D eigenvalue weighted by atomic mass is 127. The second kappa shape index (κ2) is 6.95. The standard InChI is InChI=1S/C11H12BrIN2O2/c1-2-14-10(16)6-15-11(17)8-5-7(12)3-4-9(8)13/h3-5H,2,6H2,1H3,(H,14,16)(H,15,17). The van der Waals surface area contributed by atoms with Gasteiger partial charge in [0.05, 0.1) is 12.1 Å². The number of benzene rings is 1. The van der Waals surface area contributed by atoms with Gasteiger partial charge in [0.15, 0.2) is 0 Å². The van der Waals surface area contributed by atoms with Crippen LogP contribution in [0.15, 0.2) is 22.7 Å². The van der Waals surface area contributed by atoms with Crippen molar-refractivity contribution in [3.63, 3.8) is 0 Å². The maximum atomic E-state index is 11.8. The number of halogens is 2. The number of amides is 2. The van der Waals surface area contributed by atoms with Crippen LogP contribution < -0.4 is 10.6 Å². The molecule has 0 heterocycles. The Kier molecular flexibility index (Phi) is 5.90. The third kappa shape index (κ3) is 4.63. The molecule has 1 aromatic rings. The molecule has 2 amide bonds. The maximum absolute atomic E-state index is 11.8. The topological polar surface area (TPSA) is 58.2 Å². The van der Waals surface area contributed by atoms with Crippen molar-refractivity contribution in [2.24, 2.45) is 0 Å². The van der Waals surface area contributed by atoms with Gasteiger partial charge in [-0.3, -0.25) is 9.59 Å². The first-order valence-electron chi connectivity index (χ1n) is 5.04. The Morgan fingerprint density at radius 1 is 1.35 bits per heavy atom. The summed E-state index contributed by atoms with van der Waals surface area (Å²) in [5.41, 5.74) is 0.560. The molecule has 0 aliphatic heterocycles. The van der Waals surface area contributed by atoms with Crippen LogP contribution in [0.1, 0.15) is 17.3 Å². The van der Waals surface area contributed by atoms with Gasteiger partial charge < -0.3 is 10.6 Å². The lowest BCUT2D eigenvalue weighted by molar-refractivity contribution is -0.120. The van der Waals surface area contributed by atoms with Gasteiger partial charge in [-0.1, -0.05) is 15.9 Å². The second-order valence-electron chi connectivity index (χ2n) is 3.26. The summed E-state index contributed by atoms with van der Waals surface area (Å²) in [6.07, 6.45) is 0. The number of carbonyl (C=O) groups excluding carboxylic acids is 2. The summed E-state index contributed by atoms with van der Waals surface area (Å²) in [6, 6.07) is 5.43. The maximum Gasteiger partial charge on any atom is 0.252 e. The molecule has 6 heteroatoms. The lowest BCUT2D eigenvalue weighted by Crippen LogP contribution is -2.37. The van der Waals surface area contributed by atoms with Crippen LogP contribution in [0.25, 0.3) is 0 Å².